The Balaban J connectivity index is 1.75. The maximum Gasteiger partial charge on any atom is 0.228 e. The lowest BCUT2D eigenvalue weighted by Gasteiger charge is -2.27. The van der Waals surface area contributed by atoms with Crippen LogP contribution in [0.15, 0.2) is 30.6 Å². The number of fused-ring (bicyclic) bond motifs is 2. The highest BCUT2D eigenvalue weighted by Crippen LogP contribution is 2.35. The molecule has 1 saturated heterocycles. The zero-order valence-corrected chi connectivity index (χ0v) is 16.4. The molecule has 3 heterocycles. The minimum Gasteiger partial charge on any atom is -0.378 e. The van der Waals surface area contributed by atoms with Gasteiger partial charge in [0.15, 0.2) is 5.65 Å². The number of imidazole rings is 1. The van der Waals surface area contributed by atoms with Crippen molar-refractivity contribution in [1.29, 1.82) is 5.26 Å². The third-order valence-electron chi connectivity index (χ3n) is 5.65. The van der Waals surface area contributed by atoms with Gasteiger partial charge >= 0.3 is 0 Å². The number of morpholine rings is 1. The fraction of sp³-hybridized carbons (Fsp3) is 0.364. The lowest BCUT2D eigenvalue weighted by molar-refractivity contribution is 0.122. The first-order chi connectivity index (χ1) is 14.3. The van der Waals surface area contributed by atoms with Gasteiger partial charge in [-0.15, -0.1) is 0 Å². The van der Waals surface area contributed by atoms with E-state index in [2.05, 4.69) is 46.3 Å². The van der Waals surface area contributed by atoms with Crippen LogP contribution in [0.2, 0.25) is 0 Å². The third-order valence-corrected chi connectivity index (χ3v) is 5.65. The molecule has 1 aliphatic heterocycles. The van der Waals surface area contributed by atoms with Gasteiger partial charge in [0.2, 0.25) is 5.95 Å². The summed E-state index contributed by atoms with van der Waals surface area (Å²) in [7, 11) is 0. The summed E-state index contributed by atoms with van der Waals surface area (Å²) < 4.78 is 7.38. The SMILES string of the molecule is CCC(C#N)n1cnc2c(-c3cccc4c3C=CC4)nc(N3CCOCC3)nc21. The molecule has 0 N–H and O–H groups in total. The number of aromatic nitrogens is 4. The molecule has 146 valence electrons. The molecule has 29 heavy (non-hydrogen) atoms. The van der Waals surface area contributed by atoms with Crippen molar-refractivity contribution >= 4 is 23.2 Å². The van der Waals surface area contributed by atoms with Crippen LogP contribution in [0.5, 0.6) is 0 Å². The van der Waals surface area contributed by atoms with Crippen LogP contribution in [0.25, 0.3) is 28.5 Å². The van der Waals surface area contributed by atoms with E-state index in [-0.39, 0.29) is 6.04 Å². The van der Waals surface area contributed by atoms with E-state index in [9.17, 15) is 5.26 Å². The Bertz CT molecular complexity index is 1140. The monoisotopic (exact) mass is 386 g/mol. The molecule has 1 aliphatic carbocycles. The molecule has 0 amide bonds. The van der Waals surface area contributed by atoms with Crippen molar-refractivity contribution in [2.24, 2.45) is 0 Å². The molecule has 7 heteroatoms. The molecule has 0 saturated carbocycles. The summed E-state index contributed by atoms with van der Waals surface area (Å²) in [5, 5.41) is 9.61. The second kappa shape index (κ2) is 7.30. The van der Waals surface area contributed by atoms with Gasteiger partial charge in [-0.1, -0.05) is 37.3 Å². The molecule has 0 radical (unpaired) electrons. The van der Waals surface area contributed by atoms with Gasteiger partial charge in [0.25, 0.3) is 0 Å². The maximum atomic E-state index is 9.61. The molecule has 2 aromatic heterocycles. The fourth-order valence-electron chi connectivity index (χ4n) is 4.07. The zero-order chi connectivity index (χ0) is 19.8. The number of hydrogen-bond acceptors (Lipinski definition) is 6. The number of nitriles is 1. The lowest BCUT2D eigenvalue weighted by Crippen LogP contribution is -2.37. The number of nitrogens with zero attached hydrogens (tertiary/aromatic N) is 6. The van der Waals surface area contributed by atoms with Crippen molar-refractivity contribution in [2.45, 2.75) is 25.8 Å². The highest BCUT2D eigenvalue weighted by Gasteiger charge is 2.23. The molecule has 0 spiro atoms. The summed E-state index contributed by atoms with van der Waals surface area (Å²) in [5.74, 6) is 0.671. The number of rotatable bonds is 4. The number of ether oxygens (including phenoxy) is 1. The topological polar surface area (TPSA) is 79.9 Å². The quantitative estimate of drug-likeness (QED) is 0.684. The fourth-order valence-corrected chi connectivity index (χ4v) is 4.07. The van der Waals surface area contributed by atoms with Crippen molar-refractivity contribution in [3.05, 3.63) is 41.7 Å². The summed E-state index contributed by atoms with van der Waals surface area (Å²) in [6.45, 7) is 4.83. The van der Waals surface area contributed by atoms with Crippen molar-refractivity contribution in [1.82, 2.24) is 19.5 Å². The Labute approximate surface area is 169 Å². The Morgan fingerprint density at radius 1 is 1.24 bits per heavy atom. The lowest BCUT2D eigenvalue weighted by atomic mass is 10.0. The molecule has 3 aromatic rings. The molecule has 7 nitrogen and oxygen atoms in total. The van der Waals surface area contributed by atoms with Gasteiger partial charge < -0.3 is 9.64 Å². The Hall–Kier alpha value is -3.24. The first kappa shape index (κ1) is 17.8. The van der Waals surface area contributed by atoms with E-state index in [1.807, 2.05) is 11.5 Å². The van der Waals surface area contributed by atoms with Crippen molar-refractivity contribution in [2.75, 3.05) is 31.2 Å². The molecule has 1 aromatic carbocycles. The predicted octanol–water partition coefficient (Wildman–Crippen LogP) is 3.37. The van der Waals surface area contributed by atoms with Crippen LogP contribution in [0.1, 0.15) is 30.5 Å². The smallest absolute Gasteiger partial charge is 0.228 e. The molecule has 1 atom stereocenters. The number of allylic oxidation sites excluding steroid dienone is 1. The minimum atomic E-state index is -0.304. The third kappa shape index (κ3) is 2.97. The van der Waals surface area contributed by atoms with Gasteiger partial charge in [-0.2, -0.15) is 10.2 Å². The standard InChI is InChI=1S/C22H22N6O/c1-2-16(13-23)28-14-24-20-19(18-8-4-6-15-5-3-7-17(15)18)25-22(26-21(20)28)27-9-11-29-12-10-27/h3-4,6-8,14,16H,2,5,9-12H2,1H3. The van der Waals surface area contributed by atoms with Crippen molar-refractivity contribution in [3.8, 4) is 17.3 Å². The van der Waals surface area contributed by atoms with E-state index < -0.39 is 0 Å². The molecule has 2 aliphatic rings. The Kier molecular flexibility index (Phi) is 4.49. The van der Waals surface area contributed by atoms with Gasteiger partial charge in [0, 0.05) is 18.7 Å². The number of anilines is 1. The van der Waals surface area contributed by atoms with Crippen LogP contribution in [0.3, 0.4) is 0 Å². The molecular formula is C22H22N6O. The van der Waals surface area contributed by atoms with Crippen molar-refractivity contribution < 1.29 is 4.74 Å². The largest absolute Gasteiger partial charge is 0.378 e. The highest BCUT2D eigenvalue weighted by atomic mass is 16.5. The second-order valence-electron chi connectivity index (χ2n) is 7.33. The van der Waals surface area contributed by atoms with E-state index in [4.69, 9.17) is 14.7 Å². The normalized spacial score (nSPS) is 16.8. The number of benzene rings is 1. The van der Waals surface area contributed by atoms with Crippen LogP contribution in [-0.4, -0.2) is 45.8 Å². The summed E-state index contributed by atoms with van der Waals surface area (Å²) >= 11 is 0. The minimum absolute atomic E-state index is 0.304. The Morgan fingerprint density at radius 3 is 2.90 bits per heavy atom. The van der Waals surface area contributed by atoms with Gasteiger partial charge in [0.1, 0.15) is 17.3 Å². The first-order valence-electron chi connectivity index (χ1n) is 10.1. The van der Waals surface area contributed by atoms with Gasteiger partial charge in [-0.05, 0) is 24.0 Å². The summed E-state index contributed by atoms with van der Waals surface area (Å²) in [6.07, 6.45) is 7.69. The van der Waals surface area contributed by atoms with E-state index in [1.54, 1.807) is 6.33 Å². The van der Waals surface area contributed by atoms with Crippen LogP contribution >= 0.6 is 0 Å². The van der Waals surface area contributed by atoms with E-state index in [1.165, 1.54) is 11.1 Å². The average molecular weight is 386 g/mol. The second-order valence-corrected chi connectivity index (χ2v) is 7.33. The zero-order valence-electron chi connectivity index (χ0n) is 16.4. The van der Waals surface area contributed by atoms with Gasteiger partial charge in [-0.25, -0.2) is 9.97 Å². The average Bonchev–Trinajstić information content (AvgIpc) is 3.42. The summed E-state index contributed by atoms with van der Waals surface area (Å²) in [4.78, 5) is 16.6. The highest BCUT2D eigenvalue weighted by molar-refractivity contribution is 5.92. The molecule has 5 rings (SSSR count). The number of hydrogen-bond donors (Lipinski definition) is 0. The van der Waals surface area contributed by atoms with Crippen LogP contribution in [0, 0.1) is 11.3 Å². The van der Waals surface area contributed by atoms with Crippen LogP contribution < -0.4 is 4.90 Å². The van der Waals surface area contributed by atoms with Crippen molar-refractivity contribution in [3.63, 3.8) is 0 Å². The van der Waals surface area contributed by atoms with E-state index in [0.717, 1.165) is 36.3 Å². The molecule has 1 unspecified atom stereocenters. The summed E-state index contributed by atoms with van der Waals surface area (Å²) in [5.41, 5.74) is 5.83. The maximum absolute atomic E-state index is 9.61. The summed E-state index contributed by atoms with van der Waals surface area (Å²) in [6, 6.07) is 8.39. The van der Waals surface area contributed by atoms with Crippen LogP contribution in [0.4, 0.5) is 5.95 Å². The molecule has 0 bridgehead atoms. The molecule has 1 fully saturated rings. The van der Waals surface area contributed by atoms with E-state index in [0.29, 0.717) is 31.2 Å². The van der Waals surface area contributed by atoms with Gasteiger partial charge in [0.05, 0.1) is 25.6 Å². The Morgan fingerprint density at radius 2 is 2.10 bits per heavy atom. The van der Waals surface area contributed by atoms with Gasteiger partial charge in [-0.3, -0.25) is 4.57 Å². The van der Waals surface area contributed by atoms with E-state index >= 15 is 0 Å². The van der Waals surface area contributed by atoms with Crippen LogP contribution in [-0.2, 0) is 11.2 Å². The predicted molar refractivity (Wildman–Crippen MR) is 111 cm³/mol. The first-order valence-corrected chi connectivity index (χ1v) is 10.1. The molecular weight excluding hydrogens is 364 g/mol.